The van der Waals surface area contributed by atoms with Crippen LogP contribution in [0.3, 0.4) is 0 Å². The summed E-state index contributed by atoms with van der Waals surface area (Å²) in [4.78, 5) is 16.8. The summed E-state index contributed by atoms with van der Waals surface area (Å²) < 4.78 is 10.6. The quantitative estimate of drug-likeness (QED) is 0.688. The van der Waals surface area contributed by atoms with Gasteiger partial charge in [0, 0.05) is 35.1 Å². The van der Waals surface area contributed by atoms with Crippen molar-refractivity contribution in [3.05, 3.63) is 76.9 Å². The fourth-order valence-corrected chi connectivity index (χ4v) is 2.88. The van der Waals surface area contributed by atoms with Crippen LogP contribution in [0, 0.1) is 0 Å². The lowest BCUT2D eigenvalue weighted by molar-refractivity contribution is 0.102. The van der Waals surface area contributed by atoms with E-state index in [1.165, 1.54) is 0 Å². The summed E-state index contributed by atoms with van der Waals surface area (Å²) in [5, 5.41) is 6.71. The Labute approximate surface area is 161 Å². The molecule has 0 saturated carbocycles. The molecule has 0 unspecified atom stereocenters. The van der Waals surface area contributed by atoms with Gasteiger partial charge in [-0.25, -0.2) is 4.98 Å². The van der Waals surface area contributed by atoms with Crippen molar-refractivity contribution in [1.29, 1.82) is 0 Å². The van der Waals surface area contributed by atoms with Crippen molar-refractivity contribution in [2.24, 2.45) is 0 Å². The van der Waals surface area contributed by atoms with Crippen LogP contribution in [0.5, 0.6) is 11.5 Å². The summed E-state index contributed by atoms with van der Waals surface area (Å²) in [5.74, 6) is 1.64. The summed E-state index contributed by atoms with van der Waals surface area (Å²) in [6.07, 6.45) is 1.59. The zero-order valence-corrected chi connectivity index (χ0v) is 15.0. The first-order chi connectivity index (χ1) is 13.2. The van der Waals surface area contributed by atoms with E-state index in [2.05, 4.69) is 15.6 Å². The number of pyridine rings is 1. The van der Waals surface area contributed by atoms with E-state index in [9.17, 15) is 4.79 Å². The number of hydrogen-bond donors (Lipinski definition) is 2. The van der Waals surface area contributed by atoms with Gasteiger partial charge in [0.15, 0.2) is 11.5 Å². The van der Waals surface area contributed by atoms with Crippen molar-refractivity contribution >= 4 is 29.0 Å². The first-order valence-corrected chi connectivity index (χ1v) is 8.71. The number of hydrogen-bond acceptors (Lipinski definition) is 5. The SMILES string of the molecule is O=C(Nc1ccc2c(c1)OCO2)c1ccnc(NCc2ccccc2Cl)c1. The highest BCUT2D eigenvalue weighted by Crippen LogP contribution is 2.34. The lowest BCUT2D eigenvalue weighted by Gasteiger charge is -2.09. The number of nitrogens with one attached hydrogen (secondary N) is 2. The average molecular weight is 382 g/mol. The smallest absolute Gasteiger partial charge is 0.255 e. The summed E-state index contributed by atoms with van der Waals surface area (Å²) in [6.45, 7) is 0.706. The van der Waals surface area contributed by atoms with Gasteiger partial charge in [-0.15, -0.1) is 0 Å². The van der Waals surface area contributed by atoms with Crippen molar-refractivity contribution in [3.63, 3.8) is 0 Å². The Morgan fingerprint density at radius 3 is 2.81 bits per heavy atom. The Morgan fingerprint density at radius 1 is 1.07 bits per heavy atom. The molecule has 0 saturated heterocycles. The van der Waals surface area contributed by atoms with Crippen molar-refractivity contribution in [2.45, 2.75) is 6.54 Å². The van der Waals surface area contributed by atoms with Gasteiger partial charge >= 0.3 is 0 Å². The average Bonchev–Trinajstić information content (AvgIpc) is 3.15. The molecule has 7 heteroatoms. The molecule has 3 aromatic rings. The van der Waals surface area contributed by atoms with Crippen LogP contribution in [-0.4, -0.2) is 17.7 Å². The van der Waals surface area contributed by atoms with Crippen molar-refractivity contribution in [2.75, 3.05) is 17.4 Å². The number of aromatic nitrogens is 1. The number of anilines is 2. The largest absolute Gasteiger partial charge is 0.454 e. The standard InChI is InChI=1S/C20H16ClN3O3/c21-16-4-2-1-3-14(16)11-23-19-9-13(7-8-22-19)20(25)24-15-5-6-17-18(10-15)27-12-26-17/h1-10H,11-12H2,(H,22,23)(H,24,25). The number of fused-ring (bicyclic) bond motifs is 1. The second-order valence-corrected chi connectivity index (χ2v) is 6.30. The molecule has 0 bridgehead atoms. The number of halogens is 1. The lowest BCUT2D eigenvalue weighted by Crippen LogP contribution is -2.12. The summed E-state index contributed by atoms with van der Waals surface area (Å²) in [5.41, 5.74) is 2.08. The number of carbonyl (C=O) groups is 1. The molecule has 6 nitrogen and oxygen atoms in total. The van der Waals surface area contributed by atoms with Crippen LogP contribution >= 0.6 is 11.6 Å². The Kier molecular flexibility index (Phi) is 4.80. The molecule has 0 atom stereocenters. The molecule has 0 radical (unpaired) electrons. The van der Waals surface area contributed by atoms with Crippen LogP contribution in [0.1, 0.15) is 15.9 Å². The molecule has 2 aromatic carbocycles. The monoisotopic (exact) mass is 381 g/mol. The molecule has 27 heavy (non-hydrogen) atoms. The Morgan fingerprint density at radius 2 is 1.93 bits per heavy atom. The fourth-order valence-electron chi connectivity index (χ4n) is 2.67. The van der Waals surface area contributed by atoms with Gasteiger partial charge in [0.2, 0.25) is 6.79 Å². The minimum absolute atomic E-state index is 0.192. The maximum atomic E-state index is 12.5. The van der Waals surface area contributed by atoms with Gasteiger partial charge in [-0.2, -0.15) is 0 Å². The molecule has 136 valence electrons. The van der Waals surface area contributed by atoms with E-state index in [0.717, 1.165) is 5.56 Å². The summed E-state index contributed by atoms with van der Waals surface area (Å²) in [7, 11) is 0. The first-order valence-electron chi connectivity index (χ1n) is 8.33. The third-order valence-corrected chi connectivity index (χ3v) is 4.44. The third-order valence-electron chi connectivity index (χ3n) is 4.07. The number of benzene rings is 2. The third kappa shape index (κ3) is 3.96. The van der Waals surface area contributed by atoms with E-state index in [4.69, 9.17) is 21.1 Å². The summed E-state index contributed by atoms with van der Waals surface area (Å²) in [6, 6.07) is 16.2. The first kappa shape index (κ1) is 17.2. The molecule has 4 rings (SSSR count). The summed E-state index contributed by atoms with van der Waals surface area (Å²) >= 11 is 6.16. The molecule has 1 aliphatic rings. The molecule has 2 N–H and O–H groups in total. The zero-order chi connectivity index (χ0) is 18.6. The second-order valence-electron chi connectivity index (χ2n) is 5.90. The van der Waals surface area contributed by atoms with Crippen LogP contribution in [0.15, 0.2) is 60.8 Å². The van der Waals surface area contributed by atoms with Crippen LogP contribution in [-0.2, 0) is 6.54 Å². The van der Waals surface area contributed by atoms with Gasteiger partial charge in [-0.1, -0.05) is 29.8 Å². The maximum Gasteiger partial charge on any atom is 0.255 e. The molecule has 0 fully saturated rings. The van der Waals surface area contributed by atoms with Gasteiger partial charge in [0.05, 0.1) is 0 Å². The van der Waals surface area contributed by atoms with Gasteiger partial charge in [0.1, 0.15) is 5.82 Å². The van der Waals surface area contributed by atoms with Gasteiger partial charge in [0.25, 0.3) is 5.91 Å². The molecule has 1 aliphatic heterocycles. The molecule has 1 aromatic heterocycles. The van der Waals surface area contributed by atoms with E-state index >= 15 is 0 Å². The molecule has 0 spiro atoms. The van der Waals surface area contributed by atoms with Crippen LogP contribution in [0.2, 0.25) is 5.02 Å². The predicted molar refractivity (Wildman–Crippen MR) is 104 cm³/mol. The van der Waals surface area contributed by atoms with E-state index in [1.54, 1.807) is 36.5 Å². The molecular formula is C20H16ClN3O3. The number of carbonyl (C=O) groups excluding carboxylic acids is 1. The molecule has 1 amide bonds. The van der Waals surface area contributed by atoms with Crippen LogP contribution < -0.4 is 20.1 Å². The Hall–Kier alpha value is -3.25. The number of nitrogens with zero attached hydrogens (tertiary/aromatic N) is 1. The Balaban J connectivity index is 1.44. The minimum atomic E-state index is -0.239. The van der Waals surface area contributed by atoms with E-state index < -0.39 is 0 Å². The van der Waals surface area contributed by atoms with E-state index in [-0.39, 0.29) is 12.7 Å². The molecule has 0 aliphatic carbocycles. The van der Waals surface area contributed by atoms with Crippen LogP contribution in [0.25, 0.3) is 0 Å². The lowest BCUT2D eigenvalue weighted by atomic mass is 10.2. The zero-order valence-electron chi connectivity index (χ0n) is 14.2. The fraction of sp³-hybridized carbons (Fsp3) is 0.100. The van der Waals surface area contributed by atoms with E-state index in [0.29, 0.717) is 40.1 Å². The van der Waals surface area contributed by atoms with Gasteiger partial charge < -0.3 is 20.1 Å². The number of rotatable bonds is 5. The minimum Gasteiger partial charge on any atom is -0.454 e. The highest BCUT2D eigenvalue weighted by molar-refractivity contribution is 6.31. The molecule has 2 heterocycles. The van der Waals surface area contributed by atoms with E-state index in [1.807, 2.05) is 24.3 Å². The number of amides is 1. The van der Waals surface area contributed by atoms with Crippen molar-refractivity contribution in [3.8, 4) is 11.5 Å². The van der Waals surface area contributed by atoms with Gasteiger partial charge in [-0.05, 0) is 35.9 Å². The number of ether oxygens (including phenoxy) is 2. The predicted octanol–water partition coefficient (Wildman–Crippen LogP) is 4.33. The Bertz CT molecular complexity index is 994. The molecular weight excluding hydrogens is 366 g/mol. The van der Waals surface area contributed by atoms with Crippen molar-refractivity contribution < 1.29 is 14.3 Å². The normalized spacial score (nSPS) is 11.9. The second kappa shape index (κ2) is 7.55. The van der Waals surface area contributed by atoms with Gasteiger partial charge in [-0.3, -0.25) is 4.79 Å². The van der Waals surface area contributed by atoms with Crippen molar-refractivity contribution in [1.82, 2.24) is 4.98 Å². The maximum absolute atomic E-state index is 12.5. The highest BCUT2D eigenvalue weighted by Gasteiger charge is 2.15. The topological polar surface area (TPSA) is 72.5 Å². The highest BCUT2D eigenvalue weighted by atomic mass is 35.5. The van der Waals surface area contributed by atoms with Crippen LogP contribution in [0.4, 0.5) is 11.5 Å².